The van der Waals surface area contributed by atoms with Crippen molar-refractivity contribution in [2.45, 2.75) is 38.8 Å². The Morgan fingerprint density at radius 2 is 2.20 bits per heavy atom. The number of nitrogens with zero attached hydrogens (tertiary/aromatic N) is 4. The van der Waals surface area contributed by atoms with Crippen LogP contribution in [0.15, 0.2) is 12.7 Å². The maximum Gasteiger partial charge on any atom is 0.165 e. The van der Waals surface area contributed by atoms with E-state index in [4.69, 9.17) is 10.5 Å². The number of ether oxygens (including phenoxy) is 1. The fourth-order valence-electron chi connectivity index (χ4n) is 2.02. The van der Waals surface area contributed by atoms with Crippen LogP contribution in [0.2, 0.25) is 0 Å². The molecule has 0 saturated carbocycles. The minimum atomic E-state index is -0.579. The fourth-order valence-corrected chi connectivity index (χ4v) is 2.02. The molecule has 0 aliphatic carbocycles. The lowest BCUT2D eigenvalue weighted by molar-refractivity contribution is 0.0421. The van der Waals surface area contributed by atoms with Crippen LogP contribution in [0.25, 0.3) is 11.2 Å². The zero-order valence-electron chi connectivity index (χ0n) is 11.9. The zero-order chi connectivity index (χ0) is 14.5. The highest BCUT2D eigenvalue weighted by Crippen LogP contribution is 2.21. The summed E-state index contributed by atoms with van der Waals surface area (Å²) in [6, 6.07) is -0.244. The molecule has 2 rings (SSSR count). The minimum Gasteiger partial charge on any atom is -0.391 e. The van der Waals surface area contributed by atoms with Gasteiger partial charge in [0.2, 0.25) is 0 Å². The molecule has 0 fully saturated rings. The number of aromatic nitrogens is 4. The van der Waals surface area contributed by atoms with Crippen LogP contribution in [-0.4, -0.2) is 43.9 Å². The summed E-state index contributed by atoms with van der Waals surface area (Å²) in [6.07, 6.45) is 4.53. The summed E-state index contributed by atoms with van der Waals surface area (Å²) in [5.74, 6) is 0.338. The molecule has 110 valence electrons. The van der Waals surface area contributed by atoms with E-state index in [-0.39, 0.29) is 6.04 Å². The van der Waals surface area contributed by atoms with Gasteiger partial charge < -0.3 is 20.1 Å². The van der Waals surface area contributed by atoms with Gasteiger partial charge in [-0.25, -0.2) is 15.0 Å². The predicted octanol–water partition coefficient (Wildman–Crippen LogP) is 1.15. The average Bonchev–Trinajstić information content (AvgIpc) is 2.84. The smallest absolute Gasteiger partial charge is 0.165 e. The Kier molecular flexibility index (Phi) is 4.86. The van der Waals surface area contributed by atoms with Crippen LogP contribution in [0.5, 0.6) is 0 Å². The predicted molar refractivity (Wildman–Crippen MR) is 76.2 cm³/mol. The first-order valence-electron chi connectivity index (χ1n) is 6.84. The second-order valence-corrected chi connectivity index (χ2v) is 4.82. The van der Waals surface area contributed by atoms with Crippen LogP contribution in [0.3, 0.4) is 0 Å². The highest BCUT2D eigenvalue weighted by atomic mass is 16.5. The molecule has 0 bridgehead atoms. The Balaban J connectivity index is 2.21. The summed E-state index contributed by atoms with van der Waals surface area (Å²) in [4.78, 5) is 12.3. The lowest BCUT2D eigenvalue weighted by atomic mass is 10.2. The number of fused-ring (bicyclic) bond motifs is 1. The van der Waals surface area contributed by atoms with Crippen LogP contribution < -0.4 is 5.73 Å². The summed E-state index contributed by atoms with van der Waals surface area (Å²) in [5, 5.41) is 9.97. The molecule has 1 unspecified atom stereocenters. The molecular weight excluding hydrogens is 258 g/mol. The molecule has 0 saturated heterocycles. The van der Waals surface area contributed by atoms with Gasteiger partial charge in [0.15, 0.2) is 11.5 Å². The number of hydrogen-bond donors (Lipinski definition) is 2. The molecule has 2 heterocycles. The summed E-state index contributed by atoms with van der Waals surface area (Å²) in [5.41, 5.74) is 6.93. The number of hydrogen-bond acceptors (Lipinski definition) is 6. The number of nitrogens with two attached hydrogens (primary N) is 1. The first kappa shape index (κ1) is 14.7. The van der Waals surface area contributed by atoms with Crippen LogP contribution >= 0.6 is 0 Å². The Bertz CT molecular complexity index is 555. The van der Waals surface area contributed by atoms with E-state index < -0.39 is 6.10 Å². The van der Waals surface area contributed by atoms with Crippen molar-refractivity contribution in [2.75, 3.05) is 18.9 Å². The zero-order valence-corrected chi connectivity index (χ0v) is 11.9. The van der Waals surface area contributed by atoms with E-state index in [0.29, 0.717) is 30.2 Å². The van der Waals surface area contributed by atoms with E-state index in [0.717, 1.165) is 12.8 Å². The summed E-state index contributed by atoms with van der Waals surface area (Å²) in [6.45, 7) is 4.93. The highest BCUT2D eigenvalue weighted by molar-refractivity contribution is 5.81. The largest absolute Gasteiger partial charge is 0.391 e. The van der Waals surface area contributed by atoms with Gasteiger partial charge in [0.25, 0.3) is 0 Å². The third kappa shape index (κ3) is 3.05. The third-order valence-corrected chi connectivity index (χ3v) is 3.23. The molecular formula is C13H21N5O2. The molecule has 0 spiro atoms. The Labute approximate surface area is 117 Å². The van der Waals surface area contributed by atoms with Crippen LogP contribution in [0, 0.1) is 0 Å². The molecule has 0 amide bonds. The molecule has 0 aliphatic heterocycles. The van der Waals surface area contributed by atoms with E-state index in [1.165, 1.54) is 6.33 Å². The Morgan fingerprint density at radius 3 is 2.90 bits per heavy atom. The van der Waals surface area contributed by atoms with Gasteiger partial charge in [0.1, 0.15) is 11.8 Å². The minimum absolute atomic E-state index is 0.244. The number of imidazole rings is 1. The van der Waals surface area contributed by atoms with Crippen LogP contribution in [0.1, 0.15) is 32.7 Å². The number of rotatable bonds is 7. The number of anilines is 1. The summed E-state index contributed by atoms with van der Waals surface area (Å²) in [7, 11) is 0. The van der Waals surface area contributed by atoms with E-state index in [1.807, 2.05) is 0 Å². The molecule has 0 radical (unpaired) electrons. The van der Waals surface area contributed by atoms with E-state index in [2.05, 4.69) is 21.9 Å². The first-order valence-corrected chi connectivity index (χ1v) is 6.84. The van der Waals surface area contributed by atoms with Crippen molar-refractivity contribution in [2.24, 2.45) is 0 Å². The normalized spacial score (nSPS) is 14.6. The van der Waals surface area contributed by atoms with Crippen molar-refractivity contribution in [1.29, 1.82) is 0 Å². The van der Waals surface area contributed by atoms with Gasteiger partial charge in [0.05, 0.1) is 25.1 Å². The fraction of sp³-hybridized carbons (Fsp3) is 0.615. The second kappa shape index (κ2) is 6.62. The van der Waals surface area contributed by atoms with Gasteiger partial charge in [-0.3, -0.25) is 0 Å². The van der Waals surface area contributed by atoms with Gasteiger partial charge in [-0.1, -0.05) is 13.3 Å². The molecule has 7 heteroatoms. The summed E-state index contributed by atoms with van der Waals surface area (Å²) >= 11 is 0. The van der Waals surface area contributed by atoms with Crippen LogP contribution in [-0.2, 0) is 4.74 Å². The number of nitrogen functional groups attached to an aromatic ring is 1. The molecule has 2 atom stereocenters. The quantitative estimate of drug-likeness (QED) is 0.737. The standard InChI is InChI=1S/C13H21N5O2/c1-3-4-5-20-6-10(9(2)19)18-8-17-11-12(14)15-7-16-13(11)18/h7-10,19H,3-6H2,1-2H3,(H2,14,15,16)/t9-,10?/m0/s1. The highest BCUT2D eigenvalue weighted by Gasteiger charge is 2.21. The molecule has 2 aromatic heterocycles. The van der Waals surface area contributed by atoms with Gasteiger partial charge in [-0.15, -0.1) is 0 Å². The van der Waals surface area contributed by atoms with Gasteiger partial charge >= 0.3 is 0 Å². The monoisotopic (exact) mass is 279 g/mol. The van der Waals surface area contributed by atoms with E-state index in [1.54, 1.807) is 17.8 Å². The molecule has 3 N–H and O–H groups in total. The second-order valence-electron chi connectivity index (χ2n) is 4.82. The van der Waals surface area contributed by atoms with Gasteiger partial charge in [0, 0.05) is 6.61 Å². The van der Waals surface area contributed by atoms with Gasteiger partial charge in [-0.05, 0) is 13.3 Å². The average molecular weight is 279 g/mol. The van der Waals surface area contributed by atoms with Crippen molar-refractivity contribution >= 4 is 17.0 Å². The lowest BCUT2D eigenvalue weighted by Crippen LogP contribution is -2.26. The lowest BCUT2D eigenvalue weighted by Gasteiger charge is -2.21. The van der Waals surface area contributed by atoms with E-state index in [9.17, 15) is 5.11 Å². The number of aliphatic hydroxyl groups excluding tert-OH is 1. The SMILES string of the molecule is CCCCOCC([C@H](C)O)n1cnc2c(N)ncnc21. The van der Waals surface area contributed by atoms with Crippen molar-refractivity contribution in [3.63, 3.8) is 0 Å². The molecule has 20 heavy (non-hydrogen) atoms. The number of unbranched alkanes of at least 4 members (excludes halogenated alkanes) is 1. The molecule has 2 aromatic rings. The Hall–Kier alpha value is -1.73. The van der Waals surface area contributed by atoms with Crippen LogP contribution in [0.4, 0.5) is 5.82 Å². The van der Waals surface area contributed by atoms with Crippen molar-refractivity contribution in [3.8, 4) is 0 Å². The van der Waals surface area contributed by atoms with Crippen molar-refractivity contribution < 1.29 is 9.84 Å². The third-order valence-electron chi connectivity index (χ3n) is 3.23. The number of aliphatic hydroxyl groups is 1. The van der Waals surface area contributed by atoms with Gasteiger partial charge in [-0.2, -0.15) is 0 Å². The maximum atomic E-state index is 9.97. The maximum absolute atomic E-state index is 9.97. The summed E-state index contributed by atoms with van der Waals surface area (Å²) < 4.78 is 7.41. The molecule has 0 aliphatic rings. The van der Waals surface area contributed by atoms with Crippen molar-refractivity contribution in [1.82, 2.24) is 19.5 Å². The van der Waals surface area contributed by atoms with Crippen molar-refractivity contribution in [3.05, 3.63) is 12.7 Å². The van der Waals surface area contributed by atoms with E-state index >= 15 is 0 Å². The molecule has 0 aromatic carbocycles. The first-order chi connectivity index (χ1) is 9.65. The topological polar surface area (TPSA) is 99.1 Å². The molecule has 7 nitrogen and oxygen atoms in total. The Morgan fingerprint density at radius 1 is 1.40 bits per heavy atom.